The smallest absolute Gasteiger partial charge is 0.260 e. The van der Waals surface area contributed by atoms with E-state index in [2.05, 4.69) is 0 Å². The first-order valence-electron chi connectivity index (χ1n) is 6.57. The van der Waals surface area contributed by atoms with Gasteiger partial charge in [-0.2, -0.15) is 0 Å². The summed E-state index contributed by atoms with van der Waals surface area (Å²) < 4.78 is 10.4. The average Bonchev–Trinajstić information content (AvgIpc) is 2.47. The number of ether oxygens (including phenoxy) is 1. The summed E-state index contributed by atoms with van der Waals surface area (Å²) >= 11 is 0. The molecule has 0 spiro atoms. The van der Waals surface area contributed by atoms with Gasteiger partial charge < -0.3 is 14.1 Å². The van der Waals surface area contributed by atoms with Gasteiger partial charge in [-0.25, -0.2) is 0 Å². The van der Waals surface area contributed by atoms with Gasteiger partial charge in [0.25, 0.3) is 5.91 Å². The van der Waals surface area contributed by atoms with Crippen molar-refractivity contribution in [2.45, 2.75) is 13.5 Å². The first-order chi connectivity index (χ1) is 10.1. The second-order valence-electron chi connectivity index (χ2n) is 4.69. The predicted molar refractivity (Wildman–Crippen MR) is 78.1 cm³/mol. The van der Waals surface area contributed by atoms with Crippen LogP contribution in [-0.4, -0.2) is 24.5 Å². The van der Waals surface area contributed by atoms with Crippen LogP contribution >= 0.6 is 0 Å². The zero-order chi connectivity index (χ0) is 15.2. The minimum atomic E-state index is -0.294. The second kappa shape index (κ2) is 6.74. The molecule has 0 radical (unpaired) electrons. The Bertz CT molecular complexity index is 663. The molecule has 1 amide bonds. The van der Waals surface area contributed by atoms with Crippen molar-refractivity contribution in [2.24, 2.45) is 0 Å². The normalized spacial score (nSPS) is 10.2. The molecule has 0 aliphatic heterocycles. The van der Waals surface area contributed by atoms with Crippen molar-refractivity contribution >= 4 is 5.91 Å². The van der Waals surface area contributed by atoms with Crippen LogP contribution < -0.4 is 10.2 Å². The Labute approximate surface area is 122 Å². The number of amides is 1. The van der Waals surface area contributed by atoms with E-state index >= 15 is 0 Å². The number of carbonyl (C=O) groups is 1. The van der Waals surface area contributed by atoms with Gasteiger partial charge in [-0.05, 0) is 12.5 Å². The predicted octanol–water partition coefficient (Wildman–Crippen LogP) is 1.99. The highest BCUT2D eigenvalue weighted by molar-refractivity contribution is 5.77. The van der Waals surface area contributed by atoms with Crippen molar-refractivity contribution in [3.05, 3.63) is 64.2 Å². The SMILES string of the molecule is Cc1occc(=O)c1OCC(=O)N(C)Cc1ccccc1. The number of nitrogens with zero attached hydrogens (tertiary/aromatic N) is 1. The van der Waals surface area contributed by atoms with Crippen LogP contribution in [0.2, 0.25) is 0 Å². The van der Waals surface area contributed by atoms with Crippen LogP contribution in [0.5, 0.6) is 5.75 Å². The molecule has 2 rings (SSSR count). The monoisotopic (exact) mass is 287 g/mol. The topological polar surface area (TPSA) is 59.8 Å². The summed E-state index contributed by atoms with van der Waals surface area (Å²) in [6.45, 7) is 1.92. The summed E-state index contributed by atoms with van der Waals surface area (Å²) in [4.78, 5) is 25.2. The van der Waals surface area contributed by atoms with Crippen LogP contribution in [0.15, 0.2) is 51.9 Å². The van der Waals surface area contributed by atoms with Crippen molar-refractivity contribution in [1.82, 2.24) is 4.90 Å². The Balaban J connectivity index is 1.94. The van der Waals surface area contributed by atoms with Gasteiger partial charge in [0, 0.05) is 19.7 Å². The molecule has 5 nitrogen and oxygen atoms in total. The van der Waals surface area contributed by atoms with E-state index in [1.165, 1.54) is 12.3 Å². The Hall–Kier alpha value is -2.56. The lowest BCUT2D eigenvalue weighted by Crippen LogP contribution is -2.31. The molecule has 1 aromatic carbocycles. The third-order valence-electron chi connectivity index (χ3n) is 3.04. The van der Waals surface area contributed by atoms with Gasteiger partial charge in [-0.1, -0.05) is 30.3 Å². The van der Waals surface area contributed by atoms with Crippen molar-refractivity contribution < 1.29 is 13.9 Å². The first kappa shape index (κ1) is 14.8. The van der Waals surface area contributed by atoms with Crippen molar-refractivity contribution in [1.29, 1.82) is 0 Å². The Morgan fingerprint density at radius 1 is 1.24 bits per heavy atom. The fourth-order valence-corrected chi connectivity index (χ4v) is 1.86. The molecule has 1 heterocycles. The van der Waals surface area contributed by atoms with Gasteiger partial charge in [-0.3, -0.25) is 9.59 Å². The number of carbonyl (C=O) groups excluding carboxylic acids is 1. The Kier molecular flexibility index (Phi) is 4.77. The lowest BCUT2D eigenvalue weighted by Gasteiger charge is -2.17. The molecule has 0 N–H and O–H groups in total. The molecule has 0 saturated heterocycles. The molecule has 2 aromatic rings. The molecular weight excluding hydrogens is 270 g/mol. The van der Waals surface area contributed by atoms with Crippen LogP contribution in [0, 0.1) is 6.92 Å². The van der Waals surface area contributed by atoms with E-state index in [1.807, 2.05) is 30.3 Å². The highest BCUT2D eigenvalue weighted by Gasteiger charge is 2.13. The lowest BCUT2D eigenvalue weighted by atomic mass is 10.2. The highest BCUT2D eigenvalue weighted by atomic mass is 16.5. The fraction of sp³-hybridized carbons (Fsp3) is 0.250. The number of aryl methyl sites for hydroxylation is 1. The van der Waals surface area contributed by atoms with Gasteiger partial charge in [0.15, 0.2) is 6.61 Å². The summed E-state index contributed by atoms with van der Waals surface area (Å²) in [6.07, 6.45) is 1.30. The standard InChI is InChI=1S/C16H17NO4/c1-12-16(14(18)8-9-20-12)21-11-15(19)17(2)10-13-6-4-3-5-7-13/h3-9H,10-11H2,1-2H3. The van der Waals surface area contributed by atoms with Gasteiger partial charge in [0.2, 0.25) is 11.2 Å². The Morgan fingerprint density at radius 3 is 2.62 bits per heavy atom. The zero-order valence-corrected chi connectivity index (χ0v) is 12.0. The van der Waals surface area contributed by atoms with Crippen molar-refractivity contribution in [2.75, 3.05) is 13.7 Å². The quantitative estimate of drug-likeness (QED) is 0.843. The van der Waals surface area contributed by atoms with Crippen LogP contribution in [0.25, 0.3) is 0 Å². The van der Waals surface area contributed by atoms with Gasteiger partial charge >= 0.3 is 0 Å². The van der Waals surface area contributed by atoms with E-state index in [0.717, 1.165) is 5.56 Å². The van der Waals surface area contributed by atoms with Crippen molar-refractivity contribution in [3.8, 4) is 5.75 Å². The minimum absolute atomic E-state index is 0.0824. The van der Waals surface area contributed by atoms with Gasteiger partial charge in [0.05, 0.1) is 6.26 Å². The molecule has 110 valence electrons. The first-order valence-corrected chi connectivity index (χ1v) is 6.57. The van der Waals surface area contributed by atoms with E-state index in [9.17, 15) is 9.59 Å². The van der Waals surface area contributed by atoms with E-state index in [-0.39, 0.29) is 23.7 Å². The van der Waals surface area contributed by atoms with Crippen LogP contribution in [0.1, 0.15) is 11.3 Å². The van der Waals surface area contributed by atoms with Crippen LogP contribution in [0.4, 0.5) is 0 Å². The maximum atomic E-state index is 12.0. The number of hydrogen-bond donors (Lipinski definition) is 0. The van der Waals surface area contributed by atoms with E-state index in [0.29, 0.717) is 12.3 Å². The average molecular weight is 287 g/mol. The van der Waals surface area contributed by atoms with E-state index in [4.69, 9.17) is 9.15 Å². The molecule has 0 saturated carbocycles. The molecule has 1 aromatic heterocycles. The third-order valence-corrected chi connectivity index (χ3v) is 3.04. The molecular formula is C16H17NO4. The maximum Gasteiger partial charge on any atom is 0.260 e. The molecule has 5 heteroatoms. The number of hydrogen-bond acceptors (Lipinski definition) is 4. The second-order valence-corrected chi connectivity index (χ2v) is 4.69. The molecule has 0 aliphatic carbocycles. The molecule has 0 fully saturated rings. The minimum Gasteiger partial charge on any atom is -0.476 e. The largest absolute Gasteiger partial charge is 0.476 e. The number of likely N-dealkylation sites (N-methyl/N-ethyl adjacent to an activating group) is 1. The Morgan fingerprint density at radius 2 is 1.95 bits per heavy atom. The number of benzene rings is 1. The van der Waals surface area contributed by atoms with Gasteiger partial charge in [-0.15, -0.1) is 0 Å². The molecule has 0 atom stereocenters. The molecule has 0 unspecified atom stereocenters. The zero-order valence-electron chi connectivity index (χ0n) is 12.0. The maximum absolute atomic E-state index is 12.0. The summed E-state index contributed by atoms with van der Waals surface area (Å²) in [5, 5.41) is 0. The van der Waals surface area contributed by atoms with Gasteiger partial charge in [0.1, 0.15) is 5.76 Å². The van der Waals surface area contributed by atoms with Crippen molar-refractivity contribution in [3.63, 3.8) is 0 Å². The summed E-state index contributed by atoms with van der Waals surface area (Å²) in [5.74, 6) is 0.237. The van der Waals surface area contributed by atoms with E-state index < -0.39 is 0 Å². The van der Waals surface area contributed by atoms with Crippen LogP contribution in [-0.2, 0) is 11.3 Å². The third kappa shape index (κ3) is 3.95. The summed E-state index contributed by atoms with van der Waals surface area (Å²) in [5.41, 5.74) is 0.737. The summed E-state index contributed by atoms with van der Waals surface area (Å²) in [6, 6.07) is 10.9. The highest BCUT2D eigenvalue weighted by Crippen LogP contribution is 2.11. The fourth-order valence-electron chi connectivity index (χ4n) is 1.86. The molecule has 0 aliphatic rings. The number of rotatable bonds is 5. The molecule has 0 bridgehead atoms. The van der Waals surface area contributed by atoms with Crippen LogP contribution in [0.3, 0.4) is 0 Å². The van der Waals surface area contributed by atoms with E-state index in [1.54, 1.807) is 18.9 Å². The lowest BCUT2D eigenvalue weighted by molar-refractivity contribution is -0.132. The summed E-state index contributed by atoms with van der Waals surface area (Å²) in [7, 11) is 1.69. The molecule has 21 heavy (non-hydrogen) atoms.